The molecule has 2 nitrogen and oxygen atoms in total. The lowest BCUT2D eigenvalue weighted by atomic mass is 9.96. The van der Waals surface area contributed by atoms with Crippen LogP contribution in [0.15, 0.2) is 24.3 Å². The number of terminal acetylenes is 1. The molecule has 3 rings (SSSR count). The monoisotopic (exact) mass is 281 g/mol. The van der Waals surface area contributed by atoms with Crippen LogP contribution in [-0.2, 0) is 4.79 Å². The van der Waals surface area contributed by atoms with Gasteiger partial charge in [-0.05, 0) is 73.6 Å². The first-order valence-electron chi connectivity index (χ1n) is 8.00. The molecule has 2 unspecified atom stereocenters. The molecule has 0 saturated heterocycles. The molecule has 2 fully saturated rings. The largest absolute Gasteiger partial charge is 0.326 e. The smallest absolute Gasteiger partial charge is 0.224 e. The van der Waals surface area contributed by atoms with E-state index in [-0.39, 0.29) is 5.91 Å². The Morgan fingerprint density at radius 1 is 1.19 bits per heavy atom. The number of carbonyl (C=O) groups is 1. The second-order valence-corrected chi connectivity index (χ2v) is 6.91. The van der Waals surface area contributed by atoms with Gasteiger partial charge in [-0.25, -0.2) is 0 Å². The van der Waals surface area contributed by atoms with Crippen molar-refractivity contribution >= 4 is 11.6 Å². The summed E-state index contributed by atoms with van der Waals surface area (Å²) in [5.74, 6) is 5.96. The second-order valence-electron chi connectivity index (χ2n) is 6.91. The first-order valence-corrected chi connectivity index (χ1v) is 8.00. The minimum Gasteiger partial charge on any atom is -0.326 e. The molecule has 2 aliphatic rings. The maximum Gasteiger partial charge on any atom is 0.224 e. The molecule has 1 amide bonds. The average Bonchev–Trinajstić information content (AvgIpc) is 2.96. The minimum atomic E-state index is 0.140. The number of hydrogen-bond donors (Lipinski definition) is 1. The molecule has 2 aliphatic carbocycles. The van der Waals surface area contributed by atoms with Gasteiger partial charge in [0.15, 0.2) is 0 Å². The summed E-state index contributed by atoms with van der Waals surface area (Å²) in [7, 11) is 0. The lowest BCUT2D eigenvalue weighted by Gasteiger charge is -2.12. The third kappa shape index (κ3) is 3.29. The van der Waals surface area contributed by atoms with Crippen molar-refractivity contribution in [2.45, 2.75) is 39.0 Å². The van der Waals surface area contributed by atoms with Crippen LogP contribution in [0.2, 0.25) is 0 Å². The summed E-state index contributed by atoms with van der Waals surface area (Å²) < 4.78 is 0. The molecule has 0 spiro atoms. The van der Waals surface area contributed by atoms with Gasteiger partial charge in [0.25, 0.3) is 0 Å². The van der Waals surface area contributed by atoms with Crippen LogP contribution >= 0.6 is 0 Å². The Bertz CT molecular complexity index is 540. The van der Waals surface area contributed by atoms with Gasteiger partial charge in [0, 0.05) is 17.7 Å². The average molecular weight is 281 g/mol. The number of fused-ring (bicyclic) bond motifs is 1. The Morgan fingerprint density at radius 3 is 2.38 bits per heavy atom. The summed E-state index contributed by atoms with van der Waals surface area (Å²) in [4.78, 5) is 12.2. The molecule has 21 heavy (non-hydrogen) atoms. The van der Waals surface area contributed by atoms with Gasteiger partial charge in [-0.3, -0.25) is 4.79 Å². The molecular formula is C19H23NO. The zero-order chi connectivity index (χ0) is 14.8. The van der Waals surface area contributed by atoms with Crippen LogP contribution in [0.5, 0.6) is 0 Å². The van der Waals surface area contributed by atoms with Crippen molar-refractivity contribution in [3.8, 4) is 12.3 Å². The number of hydrogen-bond acceptors (Lipinski definition) is 1. The molecule has 0 aliphatic heterocycles. The van der Waals surface area contributed by atoms with Gasteiger partial charge >= 0.3 is 0 Å². The predicted molar refractivity (Wildman–Crippen MR) is 85.7 cm³/mol. The lowest BCUT2D eigenvalue weighted by Crippen LogP contribution is -2.15. The van der Waals surface area contributed by atoms with Crippen molar-refractivity contribution in [2.24, 2.45) is 23.7 Å². The number of benzene rings is 1. The molecule has 2 heteroatoms. The standard InChI is InChI=1S/C19H23NO/c1-3-14-4-6-18(7-5-14)20-19(21)12-15-10-16-8-13(2)9-17(16)11-15/h1,4-7,13,15-17H,8-12H2,2H3,(H,20,21)/t13?,15?,16-,17+. The highest BCUT2D eigenvalue weighted by molar-refractivity contribution is 5.90. The van der Waals surface area contributed by atoms with Crippen LogP contribution in [0.3, 0.4) is 0 Å². The topological polar surface area (TPSA) is 29.1 Å². The highest BCUT2D eigenvalue weighted by atomic mass is 16.1. The van der Waals surface area contributed by atoms with Crippen LogP contribution in [0, 0.1) is 36.0 Å². The number of carbonyl (C=O) groups excluding carboxylic acids is 1. The molecule has 1 aromatic carbocycles. The third-order valence-electron chi connectivity index (χ3n) is 5.16. The van der Waals surface area contributed by atoms with Gasteiger partial charge in [-0.15, -0.1) is 6.42 Å². The van der Waals surface area contributed by atoms with Gasteiger partial charge in [0.05, 0.1) is 0 Å². The van der Waals surface area contributed by atoms with Gasteiger partial charge in [0.1, 0.15) is 0 Å². The first-order chi connectivity index (χ1) is 10.1. The Hall–Kier alpha value is -1.75. The molecule has 110 valence electrons. The van der Waals surface area contributed by atoms with Crippen molar-refractivity contribution in [3.05, 3.63) is 29.8 Å². The third-order valence-corrected chi connectivity index (χ3v) is 5.16. The summed E-state index contributed by atoms with van der Waals surface area (Å²) in [5, 5.41) is 2.99. The lowest BCUT2D eigenvalue weighted by molar-refractivity contribution is -0.117. The molecule has 0 bridgehead atoms. The van der Waals surface area contributed by atoms with Crippen LogP contribution in [-0.4, -0.2) is 5.91 Å². The summed E-state index contributed by atoms with van der Waals surface area (Å²) in [5.41, 5.74) is 1.68. The Kier molecular flexibility index (Phi) is 4.01. The van der Waals surface area contributed by atoms with Crippen LogP contribution in [0.1, 0.15) is 44.6 Å². The van der Waals surface area contributed by atoms with Gasteiger partial charge in [-0.2, -0.15) is 0 Å². The Labute approximate surface area is 127 Å². The van der Waals surface area contributed by atoms with Crippen molar-refractivity contribution in [2.75, 3.05) is 5.32 Å². The van der Waals surface area contributed by atoms with Crippen molar-refractivity contribution in [1.29, 1.82) is 0 Å². The van der Waals surface area contributed by atoms with E-state index in [0.717, 1.165) is 29.0 Å². The molecule has 0 aromatic heterocycles. The predicted octanol–water partition coefficient (Wildman–Crippen LogP) is 4.07. The maximum absolute atomic E-state index is 12.2. The Morgan fingerprint density at radius 2 is 1.81 bits per heavy atom. The summed E-state index contributed by atoms with van der Waals surface area (Å²) in [6.45, 7) is 2.36. The molecule has 1 N–H and O–H groups in total. The minimum absolute atomic E-state index is 0.140. The molecular weight excluding hydrogens is 258 g/mol. The van der Waals surface area contributed by atoms with Gasteiger partial charge < -0.3 is 5.32 Å². The van der Waals surface area contributed by atoms with Crippen LogP contribution in [0.25, 0.3) is 0 Å². The molecule has 0 heterocycles. The van der Waals surface area contributed by atoms with Gasteiger partial charge in [0.2, 0.25) is 5.91 Å². The fraction of sp³-hybridized carbons (Fsp3) is 0.526. The van der Waals surface area contributed by atoms with Crippen LogP contribution in [0.4, 0.5) is 5.69 Å². The van der Waals surface area contributed by atoms with Crippen molar-refractivity contribution < 1.29 is 4.79 Å². The van der Waals surface area contributed by atoms with E-state index < -0.39 is 0 Å². The first kappa shape index (κ1) is 14.2. The number of amides is 1. The van der Waals surface area contributed by atoms with Crippen molar-refractivity contribution in [3.63, 3.8) is 0 Å². The van der Waals surface area contributed by atoms with Gasteiger partial charge in [-0.1, -0.05) is 12.8 Å². The van der Waals surface area contributed by atoms with E-state index in [1.54, 1.807) is 0 Å². The second kappa shape index (κ2) is 5.93. The fourth-order valence-electron chi connectivity index (χ4n) is 4.34. The quantitative estimate of drug-likeness (QED) is 0.831. The molecule has 2 saturated carbocycles. The van der Waals surface area contributed by atoms with Crippen LogP contribution < -0.4 is 5.32 Å². The van der Waals surface area contributed by atoms with E-state index in [1.807, 2.05) is 24.3 Å². The molecule has 1 aromatic rings. The molecule has 4 atom stereocenters. The summed E-state index contributed by atoms with van der Waals surface area (Å²) in [6.07, 6.45) is 11.2. The number of rotatable bonds is 3. The van der Waals surface area contributed by atoms with E-state index in [1.165, 1.54) is 25.7 Å². The van der Waals surface area contributed by atoms with E-state index in [0.29, 0.717) is 12.3 Å². The highest BCUT2D eigenvalue weighted by Gasteiger charge is 2.40. The van der Waals surface area contributed by atoms with Crippen molar-refractivity contribution in [1.82, 2.24) is 0 Å². The van der Waals surface area contributed by atoms with E-state index in [4.69, 9.17) is 6.42 Å². The maximum atomic E-state index is 12.2. The Balaban J connectivity index is 1.50. The van der Waals surface area contributed by atoms with E-state index in [9.17, 15) is 4.79 Å². The highest BCUT2D eigenvalue weighted by Crippen LogP contribution is 2.49. The zero-order valence-corrected chi connectivity index (χ0v) is 12.6. The summed E-state index contributed by atoms with van der Waals surface area (Å²) in [6, 6.07) is 7.46. The zero-order valence-electron chi connectivity index (χ0n) is 12.6. The number of nitrogens with one attached hydrogen (secondary N) is 1. The van der Waals surface area contributed by atoms with E-state index >= 15 is 0 Å². The SMILES string of the molecule is C#Cc1ccc(NC(=O)CC2C[C@H]3CC(C)C[C@H]3C2)cc1. The summed E-state index contributed by atoms with van der Waals surface area (Å²) >= 11 is 0. The van der Waals surface area contributed by atoms with E-state index in [2.05, 4.69) is 18.2 Å². The fourth-order valence-corrected chi connectivity index (χ4v) is 4.34. The molecule has 0 radical (unpaired) electrons. The normalized spacial score (nSPS) is 30.7. The number of anilines is 1.